The topological polar surface area (TPSA) is 9.72 Å². The molecule has 16 heavy (non-hydrogen) atoms. The van der Waals surface area contributed by atoms with Crippen molar-refractivity contribution in [2.75, 3.05) is 42.3 Å². The van der Waals surface area contributed by atoms with Crippen molar-refractivity contribution >= 4 is 0 Å². The zero-order chi connectivity index (χ0) is 11.8. The van der Waals surface area contributed by atoms with Crippen molar-refractivity contribution in [1.82, 2.24) is 14.7 Å². The monoisotopic (exact) mass is 257 g/mol. The third kappa shape index (κ3) is 8.14. The van der Waals surface area contributed by atoms with Gasteiger partial charge in [0.15, 0.2) is 0 Å². The Morgan fingerprint density at radius 3 is 1.12 bits per heavy atom. The van der Waals surface area contributed by atoms with Crippen LogP contribution in [0.4, 0.5) is 0 Å². The predicted octanol–water partition coefficient (Wildman–Crippen LogP) is 1.52. The van der Waals surface area contributed by atoms with E-state index in [0.29, 0.717) is 0 Å². The Morgan fingerprint density at radius 2 is 1.06 bits per heavy atom. The Morgan fingerprint density at radius 1 is 0.750 bits per heavy atom. The number of hydrogen-bond donors (Lipinski definition) is 0. The van der Waals surface area contributed by atoms with E-state index in [1.807, 2.05) is 72.6 Å². The number of rotatable bonds is 3. The number of nitrogens with zero attached hydrogens (tertiary/aromatic N) is 3. The molecule has 90 valence electrons. The SMILES string of the molecule is CN(C)[C-](N(C)C)N(C)C.[Ti+2].c1cc[cH-]c1. The van der Waals surface area contributed by atoms with Gasteiger partial charge in [0.2, 0.25) is 0 Å². The van der Waals surface area contributed by atoms with Gasteiger partial charge in [-0.15, -0.1) is 6.29 Å². The maximum absolute atomic E-state index is 2.08. The van der Waals surface area contributed by atoms with E-state index in [0.717, 1.165) is 0 Å². The van der Waals surface area contributed by atoms with E-state index >= 15 is 0 Å². The average molecular weight is 257 g/mol. The minimum Gasteiger partial charge on any atom is -0.431 e. The van der Waals surface area contributed by atoms with Gasteiger partial charge in [-0.3, -0.25) is 0 Å². The van der Waals surface area contributed by atoms with Gasteiger partial charge < -0.3 is 14.7 Å². The summed E-state index contributed by atoms with van der Waals surface area (Å²) in [6.07, 6.45) is 1.19. The molecule has 1 rings (SSSR count). The fraction of sp³-hybridized carbons (Fsp3) is 0.500. The summed E-state index contributed by atoms with van der Waals surface area (Å²) in [7, 11) is 12.2. The first-order valence-corrected chi connectivity index (χ1v) is 5.02. The third-order valence-corrected chi connectivity index (χ3v) is 1.76. The first-order valence-electron chi connectivity index (χ1n) is 5.02. The molecule has 0 heterocycles. The van der Waals surface area contributed by atoms with Crippen molar-refractivity contribution in [2.45, 2.75) is 0 Å². The van der Waals surface area contributed by atoms with Crippen LogP contribution < -0.4 is 0 Å². The van der Waals surface area contributed by atoms with Crippen LogP contribution in [-0.2, 0) is 21.7 Å². The summed E-state index contributed by atoms with van der Waals surface area (Å²) in [5.74, 6) is 0. The summed E-state index contributed by atoms with van der Waals surface area (Å²) >= 11 is 0. The molecule has 0 bridgehead atoms. The van der Waals surface area contributed by atoms with Gasteiger partial charge >= 0.3 is 21.7 Å². The molecule has 0 aromatic heterocycles. The molecule has 0 atom stereocenters. The maximum atomic E-state index is 2.08. The Bertz CT molecular complexity index is 184. The molecule has 0 fully saturated rings. The van der Waals surface area contributed by atoms with E-state index in [1.54, 1.807) is 0 Å². The summed E-state index contributed by atoms with van der Waals surface area (Å²) in [6.45, 7) is 0. The fourth-order valence-corrected chi connectivity index (χ4v) is 1.52. The van der Waals surface area contributed by atoms with Crippen LogP contribution >= 0.6 is 0 Å². The summed E-state index contributed by atoms with van der Waals surface area (Å²) in [5, 5.41) is 0. The Kier molecular flexibility index (Phi) is 11.6. The molecule has 1 aromatic carbocycles. The van der Waals surface area contributed by atoms with Crippen LogP contribution in [0, 0.1) is 6.29 Å². The molecular formula is C12H23N3Ti. The molecule has 1 aromatic rings. The van der Waals surface area contributed by atoms with Gasteiger partial charge in [0, 0.05) is 0 Å². The second-order valence-corrected chi connectivity index (χ2v) is 3.95. The fourth-order valence-electron chi connectivity index (χ4n) is 1.52. The molecule has 0 saturated heterocycles. The normalized spacial score (nSPS) is 10.4. The zero-order valence-electron chi connectivity index (χ0n) is 11.2. The molecule has 3 nitrogen and oxygen atoms in total. The van der Waals surface area contributed by atoms with Crippen molar-refractivity contribution in [2.24, 2.45) is 0 Å². The van der Waals surface area contributed by atoms with Gasteiger partial charge in [0.1, 0.15) is 0 Å². The van der Waals surface area contributed by atoms with Crippen molar-refractivity contribution in [3.05, 3.63) is 36.6 Å². The van der Waals surface area contributed by atoms with E-state index < -0.39 is 0 Å². The summed E-state index contributed by atoms with van der Waals surface area (Å²) in [6, 6.07) is 10.0. The van der Waals surface area contributed by atoms with Gasteiger partial charge in [0.05, 0.1) is 0 Å². The molecule has 0 aliphatic rings. The second-order valence-electron chi connectivity index (χ2n) is 3.95. The Labute approximate surface area is 115 Å². The molecule has 0 saturated carbocycles. The van der Waals surface area contributed by atoms with E-state index in [-0.39, 0.29) is 21.7 Å². The van der Waals surface area contributed by atoms with Crippen LogP contribution in [0.5, 0.6) is 0 Å². The van der Waals surface area contributed by atoms with Crippen molar-refractivity contribution in [3.8, 4) is 0 Å². The van der Waals surface area contributed by atoms with Crippen LogP contribution in [0.1, 0.15) is 0 Å². The molecular weight excluding hydrogens is 234 g/mol. The summed E-state index contributed by atoms with van der Waals surface area (Å²) < 4.78 is 0. The van der Waals surface area contributed by atoms with E-state index in [1.165, 1.54) is 6.29 Å². The van der Waals surface area contributed by atoms with Crippen LogP contribution in [0.2, 0.25) is 0 Å². The molecule has 0 radical (unpaired) electrons. The van der Waals surface area contributed by atoms with Gasteiger partial charge in [-0.2, -0.15) is 18.2 Å². The first-order chi connectivity index (χ1) is 6.96. The summed E-state index contributed by atoms with van der Waals surface area (Å²) in [4.78, 5) is 6.25. The van der Waals surface area contributed by atoms with Crippen molar-refractivity contribution < 1.29 is 21.7 Å². The second kappa shape index (κ2) is 10.1. The third-order valence-electron chi connectivity index (χ3n) is 1.76. The van der Waals surface area contributed by atoms with Crippen molar-refractivity contribution in [3.63, 3.8) is 0 Å². The van der Waals surface area contributed by atoms with Crippen LogP contribution in [-0.4, -0.2) is 57.0 Å². The number of hydrogen-bond acceptors (Lipinski definition) is 3. The predicted molar refractivity (Wildman–Crippen MR) is 66.3 cm³/mol. The van der Waals surface area contributed by atoms with Crippen LogP contribution in [0.3, 0.4) is 0 Å². The van der Waals surface area contributed by atoms with Crippen LogP contribution in [0.25, 0.3) is 0 Å². The smallest absolute Gasteiger partial charge is 0.431 e. The van der Waals surface area contributed by atoms with Crippen LogP contribution in [0.15, 0.2) is 30.3 Å². The minimum atomic E-state index is 0. The van der Waals surface area contributed by atoms with E-state index in [4.69, 9.17) is 0 Å². The Balaban J connectivity index is 0. The largest absolute Gasteiger partial charge is 2.00 e. The standard InChI is InChI=1S/C7H18N3.C5H5.Ti/c1-8(2)7(9(3)4)10(5)6;1-2-4-5-3-1;/h1-6H3;1-5H;/q2*-1;+2. The summed E-state index contributed by atoms with van der Waals surface area (Å²) in [5.41, 5.74) is 0. The van der Waals surface area contributed by atoms with Gasteiger partial charge in [-0.25, -0.2) is 12.1 Å². The first kappa shape index (κ1) is 18.3. The van der Waals surface area contributed by atoms with Gasteiger partial charge in [-0.05, 0) is 42.3 Å². The molecule has 0 spiro atoms. The quantitative estimate of drug-likeness (QED) is 0.600. The van der Waals surface area contributed by atoms with E-state index in [2.05, 4.69) is 14.7 Å². The molecule has 0 unspecified atom stereocenters. The maximum Gasteiger partial charge on any atom is 2.00 e. The molecule has 0 aliphatic heterocycles. The van der Waals surface area contributed by atoms with Gasteiger partial charge in [0.25, 0.3) is 0 Å². The molecule has 0 N–H and O–H groups in total. The van der Waals surface area contributed by atoms with Gasteiger partial charge in [-0.1, -0.05) is 0 Å². The molecule has 0 aliphatic carbocycles. The van der Waals surface area contributed by atoms with E-state index in [9.17, 15) is 0 Å². The molecule has 4 heteroatoms. The Hall–Kier alpha value is -0.0557. The zero-order valence-corrected chi connectivity index (χ0v) is 12.8. The van der Waals surface area contributed by atoms with Crippen molar-refractivity contribution in [1.29, 1.82) is 0 Å². The average Bonchev–Trinajstić information content (AvgIpc) is 2.56. The minimum absolute atomic E-state index is 0. The molecule has 0 amide bonds.